The van der Waals surface area contributed by atoms with Gasteiger partial charge in [0.25, 0.3) is 0 Å². The highest BCUT2D eigenvalue weighted by Crippen LogP contribution is 2.30. The molecule has 1 N–H and O–H groups in total. The molecule has 5 nitrogen and oxygen atoms in total. The molecule has 104 valence electrons. The van der Waals surface area contributed by atoms with Crippen LogP contribution in [-0.2, 0) is 15.9 Å². The van der Waals surface area contributed by atoms with Gasteiger partial charge in [-0.05, 0) is 0 Å². The summed E-state index contributed by atoms with van der Waals surface area (Å²) in [5.41, 5.74) is 0.414. The van der Waals surface area contributed by atoms with Crippen LogP contribution in [0.25, 0.3) is 4.96 Å². The predicted octanol–water partition coefficient (Wildman–Crippen LogP) is 1.49. The minimum atomic E-state index is -0.550. The number of methoxy groups -OCH3 is 1. The van der Waals surface area contributed by atoms with Crippen LogP contribution in [0.3, 0.4) is 0 Å². The van der Waals surface area contributed by atoms with Crippen LogP contribution < -0.4 is 0 Å². The molecular formula is C13H18N2O3S. The van der Waals surface area contributed by atoms with Crippen molar-refractivity contribution in [2.24, 2.45) is 0 Å². The van der Waals surface area contributed by atoms with Crippen molar-refractivity contribution < 1.29 is 14.6 Å². The molecule has 1 unspecified atom stereocenters. The number of fused-ring (bicyclic) bond motifs is 1. The number of ether oxygens (including phenoxy) is 2. The van der Waals surface area contributed by atoms with E-state index in [0.29, 0.717) is 19.6 Å². The molecule has 1 fully saturated rings. The number of thiazole rings is 1. The smallest absolute Gasteiger partial charge is 0.193 e. The molecule has 0 amide bonds. The Labute approximate surface area is 115 Å². The molecular weight excluding hydrogens is 264 g/mol. The average molecular weight is 282 g/mol. The normalized spacial score (nSPS) is 20.7. The minimum absolute atomic E-state index is 0.491. The molecule has 1 aliphatic heterocycles. The monoisotopic (exact) mass is 282 g/mol. The molecule has 6 heteroatoms. The van der Waals surface area contributed by atoms with E-state index < -0.39 is 11.7 Å². The summed E-state index contributed by atoms with van der Waals surface area (Å²) in [5, 5.41) is 12.5. The fraction of sp³-hybridized carbons (Fsp3) is 0.615. The summed E-state index contributed by atoms with van der Waals surface area (Å²) in [7, 11) is 1.67. The minimum Gasteiger partial charge on any atom is -0.390 e. The quantitative estimate of drug-likeness (QED) is 0.923. The summed E-state index contributed by atoms with van der Waals surface area (Å²) < 4.78 is 12.9. The van der Waals surface area contributed by atoms with E-state index in [2.05, 4.69) is 4.98 Å². The number of aromatic nitrogens is 2. The van der Waals surface area contributed by atoms with Gasteiger partial charge >= 0.3 is 0 Å². The molecule has 19 heavy (non-hydrogen) atoms. The van der Waals surface area contributed by atoms with Gasteiger partial charge in [-0.3, -0.25) is 4.40 Å². The third kappa shape index (κ3) is 2.41. The number of imidazole rings is 1. The third-order valence-corrected chi connectivity index (χ3v) is 4.67. The van der Waals surface area contributed by atoms with Gasteiger partial charge in [0.05, 0.1) is 17.4 Å². The SMILES string of the molecule is COC1(C(O)Cc2cn3ccsc3n2)CCOCC1. The maximum Gasteiger partial charge on any atom is 0.193 e. The lowest BCUT2D eigenvalue weighted by atomic mass is 9.85. The second kappa shape index (κ2) is 5.20. The highest BCUT2D eigenvalue weighted by atomic mass is 32.1. The first-order chi connectivity index (χ1) is 9.23. The van der Waals surface area contributed by atoms with E-state index in [1.54, 1.807) is 18.4 Å². The van der Waals surface area contributed by atoms with E-state index in [4.69, 9.17) is 9.47 Å². The van der Waals surface area contributed by atoms with Gasteiger partial charge in [0.2, 0.25) is 0 Å². The van der Waals surface area contributed by atoms with Crippen LogP contribution in [0.15, 0.2) is 17.8 Å². The van der Waals surface area contributed by atoms with Gasteiger partial charge in [-0.2, -0.15) is 0 Å². The average Bonchev–Trinajstić information content (AvgIpc) is 3.00. The van der Waals surface area contributed by atoms with Crippen molar-refractivity contribution >= 4 is 16.3 Å². The van der Waals surface area contributed by atoms with Crippen LogP contribution in [0, 0.1) is 0 Å². The van der Waals surface area contributed by atoms with E-state index in [0.717, 1.165) is 23.5 Å². The topological polar surface area (TPSA) is 56.0 Å². The Morgan fingerprint density at radius 3 is 3.05 bits per heavy atom. The fourth-order valence-electron chi connectivity index (χ4n) is 2.65. The first-order valence-electron chi connectivity index (χ1n) is 6.45. The second-order valence-electron chi connectivity index (χ2n) is 4.93. The molecule has 3 rings (SSSR count). The zero-order valence-corrected chi connectivity index (χ0v) is 11.7. The Hall–Kier alpha value is -0.950. The van der Waals surface area contributed by atoms with E-state index >= 15 is 0 Å². The molecule has 3 heterocycles. The van der Waals surface area contributed by atoms with E-state index in [9.17, 15) is 5.11 Å². The number of aliphatic hydroxyl groups is 1. The first kappa shape index (κ1) is 13.1. The standard InChI is InChI=1S/C13H18N2O3S/c1-17-13(2-5-18-6-3-13)11(16)8-10-9-15-4-7-19-12(15)14-10/h4,7,9,11,16H,2-3,5-6,8H2,1H3. The Balaban J connectivity index is 1.75. The molecule has 0 saturated carbocycles. The van der Waals surface area contributed by atoms with Gasteiger partial charge in [-0.25, -0.2) is 4.98 Å². The lowest BCUT2D eigenvalue weighted by molar-refractivity contribution is -0.151. The predicted molar refractivity (Wildman–Crippen MR) is 72.6 cm³/mol. The number of hydrogen-bond acceptors (Lipinski definition) is 5. The van der Waals surface area contributed by atoms with Gasteiger partial charge in [-0.15, -0.1) is 11.3 Å². The maximum atomic E-state index is 10.5. The van der Waals surface area contributed by atoms with Gasteiger partial charge in [-0.1, -0.05) is 0 Å². The summed E-state index contributed by atoms with van der Waals surface area (Å²) in [6.45, 7) is 1.28. The molecule has 0 aromatic carbocycles. The van der Waals surface area contributed by atoms with Crippen LogP contribution in [0.4, 0.5) is 0 Å². The third-order valence-electron chi connectivity index (χ3n) is 3.90. The summed E-state index contributed by atoms with van der Waals surface area (Å²) in [6.07, 6.45) is 5.37. The Kier molecular flexibility index (Phi) is 3.58. The van der Waals surface area contributed by atoms with E-state index in [-0.39, 0.29) is 0 Å². The molecule has 2 aromatic heterocycles. The molecule has 0 radical (unpaired) electrons. The van der Waals surface area contributed by atoms with Crippen LogP contribution in [0.5, 0.6) is 0 Å². The van der Waals surface area contributed by atoms with Crippen molar-refractivity contribution in [3.63, 3.8) is 0 Å². The Morgan fingerprint density at radius 2 is 2.37 bits per heavy atom. The molecule has 0 spiro atoms. The van der Waals surface area contributed by atoms with Crippen molar-refractivity contribution in [3.05, 3.63) is 23.5 Å². The number of hydrogen-bond donors (Lipinski definition) is 1. The molecule has 0 aliphatic carbocycles. The largest absolute Gasteiger partial charge is 0.390 e. The van der Waals surface area contributed by atoms with Gasteiger partial charge in [0.15, 0.2) is 4.96 Å². The van der Waals surface area contributed by atoms with Crippen molar-refractivity contribution in [2.75, 3.05) is 20.3 Å². The number of rotatable bonds is 4. The second-order valence-corrected chi connectivity index (χ2v) is 5.80. The molecule has 1 atom stereocenters. The zero-order valence-electron chi connectivity index (χ0n) is 10.9. The van der Waals surface area contributed by atoms with E-state index in [1.807, 2.05) is 22.2 Å². The van der Waals surface area contributed by atoms with Crippen LogP contribution in [0.2, 0.25) is 0 Å². The maximum absolute atomic E-state index is 10.5. The molecule has 1 saturated heterocycles. The summed E-state index contributed by atoms with van der Waals surface area (Å²) >= 11 is 1.59. The van der Waals surface area contributed by atoms with Gasteiger partial charge in [0, 0.05) is 57.4 Å². The lowest BCUT2D eigenvalue weighted by Crippen LogP contribution is -2.49. The Bertz CT molecular complexity index is 516. The highest BCUT2D eigenvalue weighted by molar-refractivity contribution is 7.15. The van der Waals surface area contributed by atoms with Crippen LogP contribution in [-0.4, -0.2) is 46.5 Å². The molecule has 1 aliphatic rings. The zero-order chi connectivity index (χ0) is 13.3. The number of nitrogens with zero attached hydrogens (tertiary/aromatic N) is 2. The first-order valence-corrected chi connectivity index (χ1v) is 7.33. The van der Waals surface area contributed by atoms with Crippen LogP contribution >= 0.6 is 11.3 Å². The summed E-state index contributed by atoms with van der Waals surface area (Å²) in [4.78, 5) is 5.47. The van der Waals surface area contributed by atoms with Gasteiger partial charge < -0.3 is 14.6 Å². The van der Waals surface area contributed by atoms with Crippen LogP contribution in [0.1, 0.15) is 18.5 Å². The van der Waals surface area contributed by atoms with Crippen molar-refractivity contribution in [1.29, 1.82) is 0 Å². The fourth-order valence-corrected chi connectivity index (χ4v) is 3.37. The lowest BCUT2D eigenvalue weighted by Gasteiger charge is -2.39. The van der Waals surface area contributed by atoms with Gasteiger partial charge in [0.1, 0.15) is 0 Å². The summed E-state index contributed by atoms with van der Waals surface area (Å²) in [6, 6.07) is 0. The summed E-state index contributed by atoms with van der Waals surface area (Å²) in [5.74, 6) is 0. The molecule has 2 aromatic rings. The molecule has 0 bridgehead atoms. The Morgan fingerprint density at radius 1 is 1.58 bits per heavy atom. The highest BCUT2D eigenvalue weighted by Gasteiger charge is 2.40. The van der Waals surface area contributed by atoms with Crippen molar-refractivity contribution in [1.82, 2.24) is 9.38 Å². The van der Waals surface area contributed by atoms with E-state index in [1.165, 1.54) is 0 Å². The number of aliphatic hydroxyl groups excluding tert-OH is 1. The van der Waals surface area contributed by atoms with Crippen molar-refractivity contribution in [3.8, 4) is 0 Å². The van der Waals surface area contributed by atoms with Crippen molar-refractivity contribution in [2.45, 2.75) is 31.0 Å².